The lowest BCUT2D eigenvalue weighted by Crippen LogP contribution is -2.41. The maximum absolute atomic E-state index is 12.7. The molecule has 1 aliphatic rings. The number of carbonyl (C=O) groups excluding carboxylic acids is 6. The first-order valence-corrected chi connectivity index (χ1v) is 24.6. The summed E-state index contributed by atoms with van der Waals surface area (Å²) in [6, 6.07) is 30.8. The number of hydrogen-bond donors (Lipinski definition) is 10. The van der Waals surface area contributed by atoms with Gasteiger partial charge in [0.05, 0.1) is 20.3 Å². The topological polar surface area (TPSA) is 334 Å². The first kappa shape index (κ1) is 64.5. The molecule has 77 heavy (non-hydrogen) atoms. The first-order chi connectivity index (χ1) is 36.1. The van der Waals surface area contributed by atoms with Crippen molar-refractivity contribution in [2.75, 3.05) is 14.2 Å². The summed E-state index contributed by atoms with van der Waals surface area (Å²) >= 11 is 0. The lowest BCUT2D eigenvalue weighted by molar-refractivity contribution is -0.134. The van der Waals surface area contributed by atoms with E-state index in [1.807, 2.05) is 63.2 Å². The Hall–Kier alpha value is -8.62. The number of nitrogen functional groups attached to an aromatic ring is 1. The quantitative estimate of drug-likeness (QED) is 0.0322. The summed E-state index contributed by atoms with van der Waals surface area (Å²) in [7, 11) is 2.47. The molecule has 1 fully saturated rings. The monoisotopic (exact) mass is 1070 g/mol. The second-order valence-electron chi connectivity index (χ2n) is 19.5. The number of aryl methyl sites for hydroxylation is 1. The summed E-state index contributed by atoms with van der Waals surface area (Å²) in [5.74, 6) is -0.602. The standard InChI is InChI=1S/C26H31N3O4.C15H21N3O4.C13H19N3O2.C2H4O2/c1-17(28-25(31)22-14-13-21(16-22)19-6-4-3-5-7-19)23(30)15-10-18-8-11-20(12-9-18)24(27)29-26(32)33-2;1-15(2,3)22-13(19)17-9-10-5-7-11(8-6-10)12(16)18-14(20)21-4;1-13(2,3)18-12(17)16-8-9-4-6-10(7-5-9)11(14)15;1-2(3)4/h3-9,11-12,17,21-22H,10,13-16H2,1-2H3,(H,28,31)(H2,27,29,32);5-8H,9H2,1-4H3,(H,17,19)(H2,16,18,20);4-7H,8H2,1-3H3,(H3,14,15)(H,16,17);1H3,(H,3,4)/t17-,21+,22+;;;/m0.../s1. The van der Waals surface area contributed by atoms with Crippen LogP contribution < -0.4 is 32.3 Å². The molecule has 5 rings (SSSR count). The number of alkyl carbamates (subject to hydrolysis) is 4. The maximum atomic E-state index is 12.7. The van der Waals surface area contributed by atoms with Gasteiger partial charge in [-0.15, -0.1) is 0 Å². The average molecular weight is 1070 g/mol. The number of carbonyl (C=O) groups is 7. The van der Waals surface area contributed by atoms with Crippen LogP contribution in [-0.4, -0.2) is 96.1 Å². The molecule has 4 aromatic carbocycles. The molecule has 0 saturated heterocycles. The van der Waals surface area contributed by atoms with E-state index in [1.54, 1.807) is 76.2 Å². The minimum Gasteiger partial charge on any atom is -0.481 e. The van der Waals surface area contributed by atoms with E-state index in [1.165, 1.54) is 19.8 Å². The largest absolute Gasteiger partial charge is 0.481 e. The van der Waals surface area contributed by atoms with Crippen LogP contribution in [0.15, 0.2) is 103 Å². The van der Waals surface area contributed by atoms with Gasteiger partial charge in [0.25, 0.3) is 5.97 Å². The van der Waals surface area contributed by atoms with E-state index in [9.17, 15) is 28.8 Å². The van der Waals surface area contributed by atoms with Crippen molar-refractivity contribution in [3.05, 3.63) is 142 Å². The van der Waals surface area contributed by atoms with Gasteiger partial charge in [-0.2, -0.15) is 0 Å². The molecule has 21 nitrogen and oxygen atoms in total. The number of benzene rings is 4. The van der Waals surface area contributed by atoms with Crippen molar-refractivity contribution >= 4 is 59.5 Å². The second-order valence-corrected chi connectivity index (χ2v) is 19.5. The highest BCUT2D eigenvalue weighted by Gasteiger charge is 2.32. The van der Waals surface area contributed by atoms with E-state index >= 15 is 0 Å². The van der Waals surface area contributed by atoms with E-state index in [0.29, 0.717) is 48.5 Å². The van der Waals surface area contributed by atoms with Crippen molar-refractivity contribution in [3.8, 4) is 0 Å². The number of ketones is 1. The van der Waals surface area contributed by atoms with Crippen molar-refractivity contribution in [2.24, 2.45) is 11.7 Å². The predicted molar refractivity (Wildman–Crippen MR) is 292 cm³/mol. The number of aliphatic carboxylic acids is 1. The van der Waals surface area contributed by atoms with Crippen molar-refractivity contribution in [1.82, 2.24) is 26.6 Å². The van der Waals surface area contributed by atoms with Gasteiger partial charge in [0, 0.05) is 49.0 Å². The van der Waals surface area contributed by atoms with Crippen LogP contribution in [0.3, 0.4) is 0 Å². The SMILES string of the molecule is CC(=O)O.CC(C)(C)OC(=O)NCc1ccc(C(=N)N)cc1.COC(=O)NC(=N)c1ccc(CCC(=O)[C@H](C)NC(=O)[C@@H]2CC[C@@H](c3ccccc3)C2)cc1.COC(=O)NC(=N)c1ccc(CNC(=O)OC(C)(C)C)cc1. The highest BCUT2D eigenvalue weighted by Crippen LogP contribution is 2.38. The Bertz CT molecular complexity index is 2610. The third-order valence-corrected chi connectivity index (χ3v) is 10.8. The first-order valence-electron chi connectivity index (χ1n) is 24.6. The molecular weight excluding hydrogens is 991 g/mol. The molecule has 416 valence electrons. The van der Waals surface area contributed by atoms with Crippen molar-refractivity contribution < 1.29 is 57.6 Å². The molecular formula is C56H75N9O12. The molecule has 21 heteroatoms. The number of methoxy groups -OCH3 is 2. The Morgan fingerprint density at radius 1 is 0.623 bits per heavy atom. The molecule has 0 unspecified atom stereocenters. The zero-order valence-electron chi connectivity index (χ0n) is 45.5. The van der Waals surface area contributed by atoms with Gasteiger partial charge in [0.15, 0.2) is 5.78 Å². The molecule has 5 amide bonds. The fourth-order valence-corrected chi connectivity index (χ4v) is 7.00. The van der Waals surface area contributed by atoms with Gasteiger partial charge in [-0.3, -0.25) is 41.2 Å². The molecule has 0 heterocycles. The lowest BCUT2D eigenvalue weighted by Gasteiger charge is -2.19. The molecule has 0 bridgehead atoms. The Labute approximate surface area is 450 Å². The van der Waals surface area contributed by atoms with Gasteiger partial charge in [-0.25, -0.2) is 19.2 Å². The number of Topliss-reactive ketones (excluding diaryl/α,β-unsaturated/α-hetero) is 1. The third-order valence-electron chi connectivity index (χ3n) is 10.8. The maximum Gasteiger partial charge on any atom is 0.412 e. The van der Waals surface area contributed by atoms with Crippen LogP contribution in [0, 0.1) is 22.1 Å². The van der Waals surface area contributed by atoms with Crippen LogP contribution in [0.2, 0.25) is 0 Å². The number of carboxylic acids is 1. The fraction of sp³-hybridized carbons (Fsp3) is 0.393. The minimum absolute atomic E-state index is 0.00914. The summed E-state index contributed by atoms with van der Waals surface area (Å²) in [5, 5.41) is 43.0. The number of nitrogens with two attached hydrogens (primary N) is 1. The molecule has 0 spiro atoms. The van der Waals surface area contributed by atoms with Crippen LogP contribution in [0.25, 0.3) is 0 Å². The molecule has 0 aliphatic heterocycles. The van der Waals surface area contributed by atoms with Gasteiger partial charge in [-0.05, 0) is 102 Å². The van der Waals surface area contributed by atoms with Crippen LogP contribution in [0.1, 0.15) is 126 Å². The van der Waals surface area contributed by atoms with Crippen molar-refractivity contribution in [3.63, 3.8) is 0 Å². The van der Waals surface area contributed by atoms with E-state index in [-0.39, 0.29) is 35.1 Å². The number of amidine groups is 3. The molecule has 0 radical (unpaired) electrons. The van der Waals surface area contributed by atoms with E-state index in [4.69, 9.17) is 41.3 Å². The van der Waals surface area contributed by atoms with Crippen LogP contribution in [0.5, 0.6) is 0 Å². The molecule has 1 saturated carbocycles. The van der Waals surface area contributed by atoms with E-state index in [0.717, 1.165) is 42.9 Å². The zero-order chi connectivity index (χ0) is 57.9. The van der Waals surface area contributed by atoms with Gasteiger partial charge in [0.2, 0.25) is 5.91 Å². The van der Waals surface area contributed by atoms with Crippen molar-refractivity contribution in [2.45, 2.75) is 124 Å². The summed E-state index contributed by atoms with van der Waals surface area (Å²) in [5.41, 5.74) is 10.0. The van der Waals surface area contributed by atoms with Crippen LogP contribution in [0.4, 0.5) is 19.2 Å². The Balaban J connectivity index is 0.000000401. The molecule has 11 N–H and O–H groups in total. The van der Waals surface area contributed by atoms with Crippen LogP contribution in [-0.2, 0) is 52.8 Å². The molecule has 0 aromatic heterocycles. The van der Waals surface area contributed by atoms with Crippen molar-refractivity contribution in [1.29, 1.82) is 16.2 Å². The highest BCUT2D eigenvalue weighted by molar-refractivity contribution is 6.05. The predicted octanol–water partition coefficient (Wildman–Crippen LogP) is 8.44. The van der Waals surface area contributed by atoms with E-state index in [2.05, 4.69) is 48.2 Å². The summed E-state index contributed by atoms with van der Waals surface area (Å²) in [6.45, 7) is 14.3. The number of ether oxygens (including phenoxy) is 4. The molecule has 4 aromatic rings. The Morgan fingerprint density at radius 3 is 1.42 bits per heavy atom. The minimum atomic E-state index is -0.833. The summed E-state index contributed by atoms with van der Waals surface area (Å²) < 4.78 is 19.1. The fourth-order valence-electron chi connectivity index (χ4n) is 7.00. The number of carboxylic acid groups (broad SMARTS) is 1. The lowest BCUT2D eigenvalue weighted by atomic mass is 9.96. The summed E-state index contributed by atoms with van der Waals surface area (Å²) in [4.78, 5) is 79.4. The van der Waals surface area contributed by atoms with E-state index < -0.39 is 47.6 Å². The van der Waals surface area contributed by atoms with Gasteiger partial charge in [-0.1, -0.05) is 103 Å². The smallest absolute Gasteiger partial charge is 0.412 e. The Kier molecular flexibility index (Phi) is 26.8. The van der Waals surface area contributed by atoms with Gasteiger partial charge in [0.1, 0.15) is 28.7 Å². The number of nitrogens with one attached hydrogen (secondary N) is 8. The number of hydrogen-bond acceptors (Lipinski definition) is 14. The second kappa shape index (κ2) is 32.0. The number of rotatable bonds is 14. The summed E-state index contributed by atoms with van der Waals surface area (Å²) in [6.07, 6.45) is 1.19. The Morgan fingerprint density at radius 2 is 1.03 bits per heavy atom. The normalized spacial score (nSPS) is 13.7. The molecule has 1 aliphatic carbocycles. The van der Waals surface area contributed by atoms with Gasteiger partial charge < -0.3 is 45.7 Å². The highest BCUT2D eigenvalue weighted by atomic mass is 16.6. The van der Waals surface area contributed by atoms with Crippen LogP contribution >= 0.6 is 0 Å². The average Bonchev–Trinajstić information content (AvgIpc) is 3.87. The van der Waals surface area contributed by atoms with Gasteiger partial charge >= 0.3 is 24.4 Å². The number of amides is 5. The zero-order valence-corrected chi connectivity index (χ0v) is 45.5. The molecule has 3 atom stereocenters. The third kappa shape index (κ3) is 26.9.